The topological polar surface area (TPSA) is 94.1 Å². The molecule has 0 radical (unpaired) electrons. The molecule has 0 N–H and O–H groups in total. The lowest BCUT2D eigenvalue weighted by molar-refractivity contribution is 0.599. The van der Waals surface area contributed by atoms with E-state index < -0.39 is 19.7 Å². The zero-order chi connectivity index (χ0) is 15.2. The summed E-state index contributed by atoms with van der Waals surface area (Å²) >= 11 is 0. The van der Waals surface area contributed by atoms with Crippen molar-refractivity contribution in [2.75, 3.05) is 12.5 Å². The van der Waals surface area contributed by atoms with E-state index in [-0.39, 0.29) is 9.79 Å². The Morgan fingerprint density at radius 3 is 1.25 bits per heavy atom. The molecular formula is C12H14N2O4S2. The molecule has 0 amide bonds. The number of sulfone groups is 2. The van der Waals surface area contributed by atoms with E-state index in [0.29, 0.717) is 0 Å². The number of hydrogen-bond donors (Lipinski definition) is 0. The van der Waals surface area contributed by atoms with Crippen molar-refractivity contribution in [1.82, 2.24) is 9.97 Å². The van der Waals surface area contributed by atoms with Gasteiger partial charge in [0.25, 0.3) is 0 Å². The third kappa shape index (κ3) is 5.45. The maximum Gasteiger partial charge on any atom is 0.177 e. The predicted octanol–water partition coefficient (Wildman–Crippen LogP) is 0.970. The summed E-state index contributed by atoms with van der Waals surface area (Å²) in [6.45, 7) is 0. The molecule has 0 aliphatic carbocycles. The van der Waals surface area contributed by atoms with Gasteiger partial charge >= 0.3 is 0 Å². The second-order valence-electron chi connectivity index (χ2n) is 3.92. The smallest absolute Gasteiger partial charge is 0.177 e. The van der Waals surface area contributed by atoms with Gasteiger partial charge in [-0.3, -0.25) is 9.97 Å². The fraction of sp³-hybridized carbons (Fsp3) is 0.167. The van der Waals surface area contributed by atoms with Crippen molar-refractivity contribution < 1.29 is 16.8 Å². The van der Waals surface area contributed by atoms with Gasteiger partial charge in [-0.2, -0.15) is 0 Å². The summed E-state index contributed by atoms with van der Waals surface area (Å²) in [5.74, 6) is 0. The second-order valence-corrected chi connectivity index (χ2v) is 7.95. The molecule has 108 valence electrons. The summed E-state index contributed by atoms with van der Waals surface area (Å²) in [4.78, 5) is 7.86. The number of hydrogen-bond acceptors (Lipinski definition) is 6. The van der Waals surface area contributed by atoms with Crippen LogP contribution in [0.1, 0.15) is 0 Å². The molecule has 0 aliphatic heterocycles. The molecular weight excluding hydrogens is 300 g/mol. The zero-order valence-electron chi connectivity index (χ0n) is 11.0. The zero-order valence-corrected chi connectivity index (χ0v) is 12.6. The van der Waals surface area contributed by atoms with E-state index in [9.17, 15) is 16.8 Å². The fourth-order valence-corrected chi connectivity index (χ4v) is 2.29. The van der Waals surface area contributed by atoms with E-state index in [1.807, 2.05) is 0 Å². The summed E-state index contributed by atoms with van der Waals surface area (Å²) in [5.41, 5.74) is 0. The third-order valence-electron chi connectivity index (χ3n) is 2.13. The van der Waals surface area contributed by atoms with Crippen molar-refractivity contribution in [2.24, 2.45) is 0 Å². The molecule has 0 atom stereocenters. The van der Waals surface area contributed by atoms with E-state index >= 15 is 0 Å². The monoisotopic (exact) mass is 314 g/mol. The highest BCUT2D eigenvalue weighted by Gasteiger charge is 2.04. The highest BCUT2D eigenvalue weighted by molar-refractivity contribution is 7.91. The lowest BCUT2D eigenvalue weighted by Crippen LogP contribution is -1.96. The first-order valence-corrected chi connectivity index (χ1v) is 9.20. The Hall–Kier alpha value is -1.80. The van der Waals surface area contributed by atoms with Crippen LogP contribution in [0.5, 0.6) is 0 Å². The van der Waals surface area contributed by atoms with Crippen LogP contribution in [0, 0.1) is 0 Å². The van der Waals surface area contributed by atoms with Crippen molar-refractivity contribution >= 4 is 19.7 Å². The fourth-order valence-electron chi connectivity index (χ4n) is 1.13. The summed E-state index contributed by atoms with van der Waals surface area (Å²) in [6.07, 6.45) is 8.04. The van der Waals surface area contributed by atoms with Crippen LogP contribution in [0.2, 0.25) is 0 Å². The molecule has 0 spiro atoms. The van der Waals surface area contributed by atoms with Gasteiger partial charge in [0.1, 0.15) is 0 Å². The highest BCUT2D eigenvalue weighted by Crippen LogP contribution is 2.04. The predicted molar refractivity (Wildman–Crippen MR) is 74.7 cm³/mol. The third-order valence-corrected chi connectivity index (χ3v) is 4.32. The Morgan fingerprint density at radius 1 is 0.750 bits per heavy atom. The van der Waals surface area contributed by atoms with Crippen LogP contribution in [0.3, 0.4) is 0 Å². The van der Waals surface area contributed by atoms with Crippen molar-refractivity contribution in [2.45, 2.75) is 9.79 Å². The van der Waals surface area contributed by atoms with Crippen molar-refractivity contribution in [3.63, 3.8) is 0 Å². The normalized spacial score (nSPS) is 11.3. The highest BCUT2D eigenvalue weighted by atomic mass is 32.2. The first-order chi connectivity index (χ1) is 9.21. The minimum Gasteiger partial charge on any atom is -0.263 e. The van der Waals surface area contributed by atoms with E-state index in [1.54, 1.807) is 12.1 Å². The molecule has 2 heterocycles. The lowest BCUT2D eigenvalue weighted by Gasteiger charge is -1.92. The number of aromatic nitrogens is 2. The van der Waals surface area contributed by atoms with E-state index in [2.05, 4.69) is 9.97 Å². The van der Waals surface area contributed by atoms with Crippen LogP contribution in [0.15, 0.2) is 58.8 Å². The molecule has 6 nitrogen and oxygen atoms in total. The molecule has 0 saturated heterocycles. The van der Waals surface area contributed by atoms with E-state index in [4.69, 9.17) is 0 Å². The average molecular weight is 314 g/mol. The Bertz CT molecular complexity index is 675. The number of nitrogens with zero attached hydrogens (tertiary/aromatic N) is 2. The molecule has 2 aromatic rings. The lowest BCUT2D eigenvalue weighted by atomic mass is 10.5. The molecule has 0 saturated carbocycles. The maximum absolute atomic E-state index is 10.8. The van der Waals surface area contributed by atoms with Gasteiger partial charge in [0, 0.05) is 37.3 Å². The van der Waals surface area contributed by atoms with Crippen molar-refractivity contribution in [3.05, 3.63) is 49.1 Å². The standard InChI is InChI=1S/2C6H7NO2S/c2*1-10(8,9)6-3-2-4-7-5-6/h2*2-5H,1H3. The molecule has 20 heavy (non-hydrogen) atoms. The second kappa shape index (κ2) is 6.58. The van der Waals surface area contributed by atoms with Crippen LogP contribution in [-0.4, -0.2) is 39.3 Å². The van der Waals surface area contributed by atoms with Crippen molar-refractivity contribution in [1.29, 1.82) is 0 Å². The Balaban J connectivity index is 0.000000200. The molecule has 0 aliphatic rings. The first-order valence-electron chi connectivity index (χ1n) is 5.41. The van der Waals surface area contributed by atoms with Gasteiger partial charge in [-0.15, -0.1) is 0 Å². The first kappa shape index (κ1) is 16.3. The molecule has 0 bridgehead atoms. The van der Waals surface area contributed by atoms with Gasteiger partial charge in [0.05, 0.1) is 9.79 Å². The molecule has 0 unspecified atom stereocenters. The largest absolute Gasteiger partial charge is 0.263 e. The Morgan fingerprint density at radius 2 is 1.10 bits per heavy atom. The van der Waals surface area contributed by atoms with Gasteiger partial charge in [-0.05, 0) is 24.3 Å². The molecule has 0 fully saturated rings. The molecule has 2 rings (SSSR count). The number of rotatable bonds is 2. The quantitative estimate of drug-likeness (QED) is 0.820. The minimum atomic E-state index is -3.07. The minimum absolute atomic E-state index is 0.259. The van der Waals surface area contributed by atoms with E-state index in [0.717, 1.165) is 12.5 Å². The van der Waals surface area contributed by atoms with Crippen LogP contribution >= 0.6 is 0 Å². The van der Waals surface area contributed by atoms with Gasteiger partial charge in [0.15, 0.2) is 19.7 Å². The Kier molecular flexibility index (Phi) is 5.34. The molecule has 8 heteroatoms. The molecule has 2 aromatic heterocycles. The summed E-state index contributed by atoms with van der Waals surface area (Å²) in [6, 6.07) is 6.22. The van der Waals surface area contributed by atoms with Crippen LogP contribution in [0.25, 0.3) is 0 Å². The van der Waals surface area contributed by atoms with Gasteiger partial charge < -0.3 is 0 Å². The maximum atomic E-state index is 10.8. The van der Waals surface area contributed by atoms with Gasteiger partial charge in [0.2, 0.25) is 0 Å². The van der Waals surface area contributed by atoms with Crippen LogP contribution in [0.4, 0.5) is 0 Å². The SMILES string of the molecule is CS(=O)(=O)c1cccnc1.CS(=O)(=O)c1cccnc1. The van der Waals surface area contributed by atoms with Crippen molar-refractivity contribution in [3.8, 4) is 0 Å². The molecule has 0 aromatic carbocycles. The van der Waals surface area contributed by atoms with E-state index in [1.165, 1.54) is 36.9 Å². The Labute approximate surface area is 118 Å². The van der Waals surface area contributed by atoms with Crippen LogP contribution < -0.4 is 0 Å². The summed E-state index contributed by atoms with van der Waals surface area (Å²) < 4.78 is 43.2. The van der Waals surface area contributed by atoms with Gasteiger partial charge in [-0.25, -0.2) is 16.8 Å². The average Bonchev–Trinajstić information content (AvgIpc) is 2.40. The summed E-state index contributed by atoms with van der Waals surface area (Å²) in [7, 11) is -6.13. The van der Waals surface area contributed by atoms with Crippen LogP contribution in [-0.2, 0) is 19.7 Å². The summed E-state index contributed by atoms with van der Waals surface area (Å²) in [5, 5.41) is 0. The number of pyridine rings is 2. The van der Waals surface area contributed by atoms with Gasteiger partial charge in [-0.1, -0.05) is 0 Å².